The van der Waals surface area contributed by atoms with Gasteiger partial charge in [-0.3, -0.25) is 13.9 Å². The molecule has 9 heteroatoms. The largest absolute Gasteiger partial charge is 0.352 e. The Labute approximate surface area is 287 Å². The second-order valence-corrected chi connectivity index (χ2v) is 15.1. The smallest absolute Gasteiger partial charge is 0.264 e. The van der Waals surface area contributed by atoms with Crippen LogP contribution in [0.25, 0.3) is 0 Å². The summed E-state index contributed by atoms with van der Waals surface area (Å²) < 4.78 is 30.5. The second-order valence-electron chi connectivity index (χ2n) is 12.4. The molecule has 246 valence electrons. The zero-order valence-electron chi connectivity index (χ0n) is 26.9. The van der Waals surface area contributed by atoms with Crippen LogP contribution in [-0.4, -0.2) is 43.8 Å². The molecule has 1 N–H and O–H groups in total. The maximum Gasteiger partial charge on any atom is 0.264 e. The number of hydrogen-bond donors (Lipinski definition) is 1. The molecule has 4 aromatic rings. The lowest BCUT2D eigenvalue weighted by Crippen LogP contribution is -2.55. The molecule has 1 aliphatic carbocycles. The molecule has 4 aromatic carbocycles. The van der Waals surface area contributed by atoms with E-state index in [0.717, 1.165) is 58.8 Å². The molecule has 0 heterocycles. The zero-order chi connectivity index (χ0) is 33.4. The number of benzene rings is 4. The fraction of sp³-hybridized carbons (Fsp3) is 0.316. The maximum absolute atomic E-state index is 14.7. The zero-order valence-corrected chi connectivity index (χ0v) is 29.3. The van der Waals surface area contributed by atoms with Crippen LogP contribution in [0.1, 0.15) is 54.4 Å². The van der Waals surface area contributed by atoms with Crippen LogP contribution in [0.5, 0.6) is 0 Å². The van der Waals surface area contributed by atoms with Crippen molar-refractivity contribution in [1.82, 2.24) is 10.2 Å². The van der Waals surface area contributed by atoms with E-state index in [1.54, 1.807) is 35.2 Å². The Morgan fingerprint density at radius 1 is 0.809 bits per heavy atom. The van der Waals surface area contributed by atoms with E-state index in [1.807, 2.05) is 74.5 Å². The van der Waals surface area contributed by atoms with Crippen molar-refractivity contribution < 1.29 is 18.0 Å². The number of amides is 2. The minimum absolute atomic E-state index is 0.0457. The van der Waals surface area contributed by atoms with Crippen LogP contribution >= 0.6 is 15.9 Å². The van der Waals surface area contributed by atoms with Gasteiger partial charge in [-0.1, -0.05) is 102 Å². The summed E-state index contributed by atoms with van der Waals surface area (Å²) >= 11 is 3.49. The monoisotopic (exact) mass is 715 g/mol. The lowest BCUT2D eigenvalue weighted by atomic mass is 9.94. The van der Waals surface area contributed by atoms with Crippen molar-refractivity contribution in [3.8, 4) is 0 Å². The first-order valence-electron chi connectivity index (χ1n) is 16.1. The fourth-order valence-corrected chi connectivity index (χ4v) is 7.91. The van der Waals surface area contributed by atoms with Gasteiger partial charge in [-0.2, -0.15) is 0 Å². The highest BCUT2D eigenvalue weighted by molar-refractivity contribution is 9.10. The summed E-state index contributed by atoms with van der Waals surface area (Å²) in [6.07, 6.45) is 5.35. The molecule has 0 aliphatic heterocycles. The molecule has 0 spiro atoms. The summed E-state index contributed by atoms with van der Waals surface area (Å²) in [6.45, 7) is 3.46. The van der Waals surface area contributed by atoms with Crippen molar-refractivity contribution in [1.29, 1.82) is 0 Å². The van der Waals surface area contributed by atoms with Crippen LogP contribution in [0, 0.1) is 13.8 Å². The van der Waals surface area contributed by atoms with Crippen LogP contribution in [0.15, 0.2) is 112 Å². The summed E-state index contributed by atoms with van der Waals surface area (Å²) in [5.41, 5.74) is 3.89. The number of halogens is 1. The van der Waals surface area contributed by atoms with Gasteiger partial charge in [0.1, 0.15) is 12.6 Å². The molecule has 2 amide bonds. The minimum Gasteiger partial charge on any atom is -0.352 e. The van der Waals surface area contributed by atoms with E-state index in [-0.39, 0.29) is 29.8 Å². The van der Waals surface area contributed by atoms with Gasteiger partial charge in [0.2, 0.25) is 11.8 Å². The minimum atomic E-state index is -4.14. The van der Waals surface area contributed by atoms with E-state index >= 15 is 0 Å². The van der Waals surface area contributed by atoms with Crippen LogP contribution in [0.3, 0.4) is 0 Å². The van der Waals surface area contributed by atoms with Crippen molar-refractivity contribution in [2.45, 2.75) is 75.9 Å². The molecule has 7 nitrogen and oxygen atoms in total. The van der Waals surface area contributed by atoms with Crippen molar-refractivity contribution in [2.75, 3.05) is 10.8 Å². The molecule has 1 atom stereocenters. The number of nitrogens with one attached hydrogen (secondary N) is 1. The van der Waals surface area contributed by atoms with Gasteiger partial charge in [0, 0.05) is 23.5 Å². The topological polar surface area (TPSA) is 86.8 Å². The quantitative estimate of drug-likeness (QED) is 0.166. The molecular weight excluding hydrogens is 674 g/mol. The Hall–Kier alpha value is -3.95. The highest BCUT2D eigenvalue weighted by atomic mass is 79.9. The first kappa shape index (κ1) is 34.4. The Balaban J connectivity index is 1.57. The summed E-state index contributed by atoms with van der Waals surface area (Å²) in [5.74, 6) is -0.693. The summed E-state index contributed by atoms with van der Waals surface area (Å²) in [6, 6.07) is 30.1. The summed E-state index contributed by atoms with van der Waals surface area (Å²) in [4.78, 5) is 30.6. The van der Waals surface area contributed by atoms with Gasteiger partial charge in [-0.05, 0) is 85.3 Å². The number of rotatable bonds is 12. The lowest BCUT2D eigenvalue weighted by Gasteiger charge is -2.35. The average Bonchev–Trinajstić information content (AvgIpc) is 3.06. The summed E-state index contributed by atoms with van der Waals surface area (Å²) in [5, 5.41) is 3.25. The predicted molar refractivity (Wildman–Crippen MR) is 191 cm³/mol. The number of aryl methyl sites for hydroxylation is 2. The van der Waals surface area contributed by atoms with Crippen molar-refractivity contribution >= 4 is 43.5 Å². The summed E-state index contributed by atoms with van der Waals surface area (Å²) in [7, 11) is -4.14. The van der Waals surface area contributed by atoms with Crippen molar-refractivity contribution in [3.63, 3.8) is 0 Å². The molecule has 1 saturated carbocycles. The molecular formula is C38H42BrN3O4S. The van der Waals surface area contributed by atoms with Crippen LogP contribution in [0.4, 0.5) is 5.69 Å². The van der Waals surface area contributed by atoms with Gasteiger partial charge >= 0.3 is 0 Å². The standard InChI is InChI=1S/C38H42BrN3O4S/c1-28-22-29(2)24-34(23-28)42(47(45,46)35-16-10-5-11-17-35)27-37(43)41(26-31-18-20-32(39)21-19-31)36(25-30-12-6-3-7-13-30)38(44)40-33-14-8-4-9-15-33/h3,5-7,10-13,16-24,33,36H,4,8-9,14-15,25-27H2,1-2H3,(H,40,44)/t36-/m1/s1. The lowest BCUT2D eigenvalue weighted by molar-refractivity contribution is -0.140. The normalized spacial score (nSPS) is 14.3. The molecule has 0 unspecified atom stereocenters. The number of carbonyl (C=O) groups excluding carboxylic acids is 2. The van der Waals surface area contributed by atoms with Gasteiger partial charge in [0.05, 0.1) is 10.6 Å². The van der Waals surface area contributed by atoms with Gasteiger partial charge in [-0.15, -0.1) is 0 Å². The molecule has 1 fully saturated rings. The van der Waals surface area contributed by atoms with Gasteiger partial charge < -0.3 is 10.2 Å². The van der Waals surface area contributed by atoms with Crippen LogP contribution in [0.2, 0.25) is 0 Å². The third-order valence-corrected chi connectivity index (χ3v) is 10.9. The molecule has 47 heavy (non-hydrogen) atoms. The van der Waals surface area contributed by atoms with E-state index in [4.69, 9.17) is 0 Å². The van der Waals surface area contributed by atoms with Crippen LogP contribution in [-0.2, 0) is 32.6 Å². The molecule has 5 rings (SSSR count). The van der Waals surface area contributed by atoms with E-state index in [1.165, 1.54) is 16.4 Å². The third-order valence-electron chi connectivity index (χ3n) is 8.59. The Morgan fingerprint density at radius 3 is 2.02 bits per heavy atom. The number of carbonyl (C=O) groups is 2. The SMILES string of the molecule is Cc1cc(C)cc(N(CC(=O)N(Cc2ccc(Br)cc2)[C@H](Cc2ccccc2)C(=O)NC2CCCCC2)S(=O)(=O)c2ccccc2)c1. The number of hydrogen-bond acceptors (Lipinski definition) is 4. The number of anilines is 1. The van der Waals surface area contributed by atoms with E-state index < -0.39 is 28.5 Å². The third kappa shape index (κ3) is 9.11. The number of nitrogens with zero attached hydrogens (tertiary/aromatic N) is 2. The first-order chi connectivity index (χ1) is 22.6. The maximum atomic E-state index is 14.7. The van der Waals surface area contributed by atoms with E-state index in [2.05, 4.69) is 21.2 Å². The van der Waals surface area contributed by atoms with E-state index in [0.29, 0.717) is 5.69 Å². The first-order valence-corrected chi connectivity index (χ1v) is 18.4. The Kier molecular flexibility index (Phi) is 11.5. The van der Waals surface area contributed by atoms with Gasteiger partial charge in [0.15, 0.2) is 0 Å². The molecule has 0 saturated heterocycles. The Bertz CT molecular complexity index is 1740. The fourth-order valence-electron chi connectivity index (χ4n) is 6.23. The van der Waals surface area contributed by atoms with Crippen molar-refractivity contribution in [3.05, 3.63) is 130 Å². The van der Waals surface area contributed by atoms with Crippen molar-refractivity contribution in [2.24, 2.45) is 0 Å². The molecule has 0 radical (unpaired) electrons. The Morgan fingerprint density at radius 2 is 1.40 bits per heavy atom. The molecule has 1 aliphatic rings. The predicted octanol–water partition coefficient (Wildman–Crippen LogP) is 7.35. The molecule has 0 aromatic heterocycles. The van der Waals surface area contributed by atoms with E-state index in [9.17, 15) is 18.0 Å². The second kappa shape index (κ2) is 15.8. The molecule has 0 bridgehead atoms. The van der Waals surface area contributed by atoms with Gasteiger partial charge in [0.25, 0.3) is 10.0 Å². The van der Waals surface area contributed by atoms with Crippen LogP contribution < -0.4 is 9.62 Å². The highest BCUT2D eigenvalue weighted by Crippen LogP contribution is 2.27. The highest BCUT2D eigenvalue weighted by Gasteiger charge is 2.35. The number of sulfonamides is 1. The van der Waals surface area contributed by atoms with Gasteiger partial charge in [-0.25, -0.2) is 8.42 Å². The average molecular weight is 717 g/mol.